The van der Waals surface area contributed by atoms with Crippen molar-refractivity contribution >= 4 is 34.9 Å². The van der Waals surface area contributed by atoms with Crippen LogP contribution in [0.1, 0.15) is 35.4 Å². The Morgan fingerprint density at radius 3 is 2.86 bits per heavy atom. The Morgan fingerprint density at radius 2 is 2.17 bits per heavy atom. The summed E-state index contributed by atoms with van der Waals surface area (Å²) in [7, 11) is 0. The highest BCUT2D eigenvalue weighted by molar-refractivity contribution is 6.32. The number of aromatic nitrogens is 4. The van der Waals surface area contributed by atoms with Gasteiger partial charge in [-0.1, -0.05) is 18.2 Å². The van der Waals surface area contributed by atoms with Crippen LogP contribution in [0.2, 0.25) is 5.02 Å². The van der Waals surface area contributed by atoms with E-state index in [9.17, 15) is 4.79 Å². The molecule has 188 valence electrons. The maximum atomic E-state index is 12.1. The van der Waals surface area contributed by atoms with Crippen LogP contribution >= 0.6 is 11.6 Å². The molecule has 1 unspecified atom stereocenters. The van der Waals surface area contributed by atoms with Gasteiger partial charge >= 0.3 is 0 Å². The summed E-state index contributed by atoms with van der Waals surface area (Å²) in [6.07, 6.45) is 4.37. The Balaban J connectivity index is 1.52. The van der Waals surface area contributed by atoms with E-state index in [-0.39, 0.29) is 30.2 Å². The Labute approximate surface area is 214 Å². The maximum absolute atomic E-state index is 12.1. The van der Waals surface area contributed by atoms with E-state index in [1.54, 1.807) is 27.8 Å². The third-order valence-electron chi connectivity index (χ3n) is 6.04. The molecule has 3 heterocycles. The molecule has 1 amide bonds. The molecule has 10 nitrogen and oxygen atoms in total. The molecule has 1 aromatic carbocycles. The van der Waals surface area contributed by atoms with Crippen molar-refractivity contribution in [3.05, 3.63) is 70.8 Å². The van der Waals surface area contributed by atoms with Gasteiger partial charge in [-0.15, -0.1) is 0 Å². The number of rotatable bonds is 8. The van der Waals surface area contributed by atoms with Crippen molar-refractivity contribution in [3.63, 3.8) is 0 Å². The Morgan fingerprint density at radius 1 is 1.36 bits per heavy atom. The van der Waals surface area contributed by atoms with Gasteiger partial charge < -0.3 is 20.7 Å². The van der Waals surface area contributed by atoms with Crippen molar-refractivity contribution in [3.8, 4) is 5.75 Å². The van der Waals surface area contributed by atoms with Gasteiger partial charge in [-0.05, 0) is 57.0 Å². The number of hydrogen-bond donors (Lipinski definition) is 3. The average Bonchev–Trinajstić information content (AvgIpc) is 3.19. The molecule has 1 aliphatic rings. The molecule has 0 aliphatic carbocycles. The van der Waals surface area contributed by atoms with Crippen molar-refractivity contribution in [2.45, 2.75) is 39.5 Å². The fourth-order valence-corrected chi connectivity index (χ4v) is 4.46. The minimum absolute atomic E-state index is 0.0442. The zero-order valence-corrected chi connectivity index (χ0v) is 21.0. The van der Waals surface area contributed by atoms with Gasteiger partial charge in [-0.2, -0.15) is 5.10 Å². The molecule has 0 bridgehead atoms. The number of carbonyl (C=O) groups excluding carboxylic acids is 1. The number of piperidine rings is 1. The number of likely N-dealkylation sites (tertiary alicyclic amines) is 1. The van der Waals surface area contributed by atoms with Gasteiger partial charge in [0.05, 0.1) is 22.0 Å². The van der Waals surface area contributed by atoms with Crippen LogP contribution in [0.3, 0.4) is 0 Å². The number of nitrogens with zero attached hydrogens (tertiary/aromatic N) is 5. The van der Waals surface area contributed by atoms with Gasteiger partial charge in [0.25, 0.3) is 0 Å². The summed E-state index contributed by atoms with van der Waals surface area (Å²) in [6.45, 7) is 8.86. The standard InChI is InChI=1S/C25H29ClN8O2/c1-4-21(35)33-9-5-6-18(12-33)31-25-22(24(28)29-13-30-25)23(27)17-7-8-20(19(26)11-17)36-14-34-16(3)10-15(2)32-34/h4,7-8,10-11,13,18,27H,1,5-6,9,12,14H2,2-3H3,(H3,28,29,30,31). The highest BCUT2D eigenvalue weighted by Crippen LogP contribution is 2.29. The fraction of sp³-hybridized carbons (Fsp3) is 0.320. The first-order valence-corrected chi connectivity index (χ1v) is 12.0. The lowest BCUT2D eigenvalue weighted by atomic mass is 10.0. The molecule has 4 rings (SSSR count). The van der Waals surface area contributed by atoms with E-state index >= 15 is 0 Å². The summed E-state index contributed by atoms with van der Waals surface area (Å²) < 4.78 is 7.59. The van der Waals surface area contributed by atoms with Crippen LogP contribution in [-0.4, -0.2) is 55.4 Å². The molecule has 2 aromatic heterocycles. The molecule has 1 saturated heterocycles. The number of aryl methyl sites for hydroxylation is 2. The number of anilines is 2. The summed E-state index contributed by atoms with van der Waals surface area (Å²) in [6, 6.07) is 7.03. The van der Waals surface area contributed by atoms with Gasteiger partial charge in [-0.3, -0.25) is 10.2 Å². The number of nitrogens with one attached hydrogen (secondary N) is 2. The third-order valence-corrected chi connectivity index (χ3v) is 6.34. The van der Waals surface area contributed by atoms with E-state index in [4.69, 9.17) is 27.5 Å². The smallest absolute Gasteiger partial charge is 0.246 e. The van der Waals surface area contributed by atoms with E-state index in [2.05, 4.69) is 27.0 Å². The van der Waals surface area contributed by atoms with Crippen LogP contribution in [0, 0.1) is 19.3 Å². The number of amides is 1. The van der Waals surface area contributed by atoms with E-state index in [0.29, 0.717) is 40.8 Å². The lowest BCUT2D eigenvalue weighted by Gasteiger charge is -2.33. The first-order chi connectivity index (χ1) is 17.3. The molecule has 1 fully saturated rings. The van der Waals surface area contributed by atoms with Gasteiger partial charge in [0.2, 0.25) is 5.91 Å². The molecule has 11 heteroatoms. The number of nitrogens with two attached hydrogens (primary N) is 1. The van der Waals surface area contributed by atoms with Gasteiger partial charge in [-0.25, -0.2) is 14.6 Å². The highest BCUT2D eigenvalue weighted by atomic mass is 35.5. The summed E-state index contributed by atoms with van der Waals surface area (Å²) in [4.78, 5) is 22.2. The van der Waals surface area contributed by atoms with Gasteiger partial charge in [0.15, 0.2) is 6.73 Å². The number of carbonyl (C=O) groups is 1. The zero-order valence-electron chi connectivity index (χ0n) is 20.3. The molecular weight excluding hydrogens is 480 g/mol. The van der Waals surface area contributed by atoms with Crippen LogP contribution in [0.4, 0.5) is 11.6 Å². The maximum Gasteiger partial charge on any atom is 0.246 e. The highest BCUT2D eigenvalue weighted by Gasteiger charge is 2.25. The lowest BCUT2D eigenvalue weighted by molar-refractivity contribution is -0.127. The number of halogens is 1. The molecule has 1 atom stereocenters. The molecule has 4 N–H and O–H groups in total. The Hall–Kier alpha value is -3.92. The van der Waals surface area contributed by atoms with Crippen LogP contribution < -0.4 is 15.8 Å². The summed E-state index contributed by atoms with van der Waals surface area (Å²) in [5, 5.41) is 16.9. The molecule has 0 saturated carbocycles. The van der Waals surface area contributed by atoms with Crippen LogP contribution in [0.25, 0.3) is 0 Å². The monoisotopic (exact) mass is 508 g/mol. The molecule has 3 aromatic rings. The number of hydrogen-bond acceptors (Lipinski definition) is 8. The van der Waals surface area contributed by atoms with Crippen molar-refractivity contribution in [2.24, 2.45) is 0 Å². The molecule has 1 aliphatic heterocycles. The minimum Gasteiger partial charge on any atom is -0.470 e. The fourth-order valence-electron chi connectivity index (χ4n) is 4.23. The number of benzene rings is 1. The zero-order chi connectivity index (χ0) is 25.8. The van der Waals surface area contributed by atoms with Crippen molar-refractivity contribution in [2.75, 3.05) is 24.1 Å². The summed E-state index contributed by atoms with van der Waals surface area (Å²) >= 11 is 6.49. The first-order valence-electron chi connectivity index (χ1n) is 11.6. The predicted octanol–water partition coefficient (Wildman–Crippen LogP) is 3.57. The van der Waals surface area contributed by atoms with E-state index in [0.717, 1.165) is 24.2 Å². The number of nitrogen functional groups attached to an aromatic ring is 1. The normalized spacial score (nSPS) is 15.4. The summed E-state index contributed by atoms with van der Waals surface area (Å²) in [5.74, 6) is 0.983. The quantitative estimate of drug-likeness (QED) is 0.312. The SMILES string of the molecule is C=CC(=O)N1CCCC(Nc2ncnc(N)c2C(=N)c2ccc(OCn3nc(C)cc3C)c(Cl)c2)C1. The minimum atomic E-state index is -0.105. The largest absolute Gasteiger partial charge is 0.470 e. The number of ether oxygens (including phenoxy) is 1. The molecule has 36 heavy (non-hydrogen) atoms. The third kappa shape index (κ3) is 5.49. The Kier molecular flexibility index (Phi) is 7.54. The topological polar surface area (TPSA) is 135 Å². The van der Waals surface area contributed by atoms with Gasteiger partial charge in [0.1, 0.15) is 23.7 Å². The lowest BCUT2D eigenvalue weighted by Crippen LogP contribution is -2.44. The van der Waals surface area contributed by atoms with Crippen LogP contribution in [-0.2, 0) is 11.5 Å². The van der Waals surface area contributed by atoms with E-state index < -0.39 is 0 Å². The second-order valence-corrected chi connectivity index (χ2v) is 9.08. The molecule has 0 radical (unpaired) electrons. The predicted molar refractivity (Wildman–Crippen MR) is 140 cm³/mol. The van der Waals surface area contributed by atoms with Crippen molar-refractivity contribution in [1.29, 1.82) is 5.41 Å². The van der Waals surface area contributed by atoms with Crippen molar-refractivity contribution in [1.82, 2.24) is 24.6 Å². The molecular formula is C25H29ClN8O2. The first kappa shape index (κ1) is 25.2. The van der Waals surface area contributed by atoms with E-state index in [1.165, 1.54) is 12.4 Å². The van der Waals surface area contributed by atoms with Crippen molar-refractivity contribution < 1.29 is 9.53 Å². The molecule has 0 spiro atoms. The Bertz CT molecular complexity index is 1310. The summed E-state index contributed by atoms with van der Waals surface area (Å²) in [5.41, 5.74) is 9.10. The second-order valence-electron chi connectivity index (χ2n) is 8.67. The second kappa shape index (κ2) is 10.8. The average molecular weight is 509 g/mol. The van der Waals surface area contributed by atoms with Gasteiger partial charge in [0, 0.05) is 30.4 Å². The van der Waals surface area contributed by atoms with Crippen LogP contribution in [0.15, 0.2) is 43.2 Å². The van der Waals surface area contributed by atoms with Crippen LogP contribution in [0.5, 0.6) is 5.75 Å². The van der Waals surface area contributed by atoms with E-state index in [1.807, 2.05) is 19.9 Å².